The van der Waals surface area contributed by atoms with E-state index in [1.54, 1.807) is 0 Å². The van der Waals surface area contributed by atoms with Crippen molar-refractivity contribution in [1.29, 1.82) is 0 Å². The van der Waals surface area contributed by atoms with E-state index < -0.39 is 60.7 Å². The smallest absolute Gasteiger partial charge is 0.335 e. The molecule has 2 rings (SSSR count). The van der Waals surface area contributed by atoms with Gasteiger partial charge in [-0.3, -0.25) is 4.79 Å². The highest BCUT2D eigenvalue weighted by atomic mass is 16.6. The number of azide groups is 1. The van der Waals surface area contributed by atoms with Crippen molar-refractivity contribution < 1.29 is 44.6 Å². The second-order valence-electron chi connectivity index (χ2n) is 5.65. The maximum atomic E-state index is 12.1. The summed E-state index contributed by atoms with van der Waals surface area (Å²) < 4.78 is 10.1. The van der Waals surface area contributed by atoms with Crippen molar-refractivity contribution in [3.63, 3.8) is 0 Å². The number of ether oxygens (including phenoxy) is 2. The normalized spacial score (nSPS) is 40.5. The van der Waals surface area contributed by atoms with Crippen molar-refractivity contribution in [2.75, 3.05) is 13.1 Å². The van der Waals surface area contributed by atoms with Gasteiger partial charge in [0.2, 0.25) is 0 Å². The van der Waals surface area contributed by atoms with Crippen molar-refractivity contribution in [3.05, 3.63) is 10.4 Å². The second-order valence-corrected chi connectivity index (χ2v) is 5.65. The van der Waals surface area contributed by atoms with Crippen molar-refractivity contribution in [2.45, 2.75) is 48.8 Å². The number of carboxylic acids is 1. The number of aliphatic carboxylic acids is 1. The number of nitrogens with one attached hydrogen (secondary N) is 1. The Labute approximate surface area is 140 Å². The Morgan fingerprint density at radius 3 is 2.12 bits per heavy atom. The minimum Gasteiger partial charge on any atom is -0.479 e. The first-order valence-corrected chi connectivity index (χ1v) is 7.32. The molecule has 0 unspecified atom stereocenters. The third-order valence-electron chi connectivity index (χ3n) is 4.03. The fraction of sp³-hybridized carbons (Fsp3) is 0.833. The molecule has 2 heterocycles. The molecule has 13 heteroatoms. The number of carbonyl (C=O) groups is 2. The lowest BCUT2D eigenvalue weighted by Crippen LogP contribution is -2.47. The molecular weight excluding hydrogens is 344 g/mol. The predicted molar refractivity (Wildman–Crippen MR) is 76.0 cm³/mol. The lowest BCUT2D eigenvalue weighted by molar-refractivity contribution is -0.153. The number of rotatable bonds is 6. The molecule has 0 radical (unpaired) electrons. The molecule has 13 nitrogen and oxygen atoms in total. The minimum atomic E-state index is -1.65. The van der Waals surface area contributed by atoms with E-state index >= 15 is 0 Å². The van der Waals surface area contributed by atoms with Crippen LogP contribution in [0.5, 0.6) is 0 Å². The summed E-state index contributed by atoms with van der Waals surface area (Å²) in [6.45, 7) is -0.639. The van der Waals surface area contributed by atoms with E-state index in [4.69, 9.17) is 20.1 Å². The van der Waals surface area contributed by atoms with E-state index in [0.717, 1.165) is 0 Å². The molecule has 8 atom stereocenters. The molecule has 1 amide bonds. The Hall–Kier alpha value is -1.99. The van der Waals surface area contributed by atoms with Crippen molar-refractivity contribution >= 4 is 11.9 Å². The number of carboxylic acid groups (broad SMARTS) is 1. The van der Waals surface area contributed by atoms with Gasteiger partial charge in [0.05, 0.1) is 12.6 Å². The van der Waals surface area contributed by atoms with Gasteiger partial charge in [0.15, 0.2) is 12.2 Å². The van der Waals surface area contributed by atoms with Crippen molar-refractivity contribution in [3.8, 4) is 0 Å². The van der Waals surface area contributed by atoms with Gasteiger partial charge in [0.25, 0.3) is 5.91 Å². The van der Waals surface area contributed by atoms with Gasteiger partial charge in [0, 0.05) is 11.5 Å². The van der Waals surface area contributed by atoms with Gasteiger partial charge >= 0.3 is 5.97 Å². The molecule has 0 spiro atoms. The zero-order chi connectivity index (χ0) is 18.7. The molecule has 0 aromatic carbocycles. The first-order valence-electron chi connectivity index (χ1n) is 7.32. The van der Waals surface area contributed by atoms with Crippen LogP contribution in [-0.2, 0) is 19.1 Å². The fourth-order valence-electron chi connectivity index (χ4n) is 2.66. The van der Waals surface area contributed by atoms with Gasteiger partial charge in [0.1, 0.15) is 30.5 Å². The molecule has 0 aromatic rings. The standard InChI is InChI=1S/C12H18N4O9/c13-16-15-2-4-6(18)7(19)9(24-4)11(21)14-1-3-5(17)8(20)10(25-3)12(22)23/h3-10,17-20H,1-2H2,(H,14,21)(H,22,23)/t3-,4-,5-,6-,7+,8+,9-,10-/m1/s1. The monoisotopic (exact) mass is 362 g/mol. The lowest BCUT2D eigenvalue weighted by atomic mass is 10.1. The summed E-state index contributed by atoms with van der Waals surface area (Å²) in [6, 6.07) is 0. The van der Waals surface area contributed by atoms with Crippen molar-refractivity contribution in [1.82, 2.24) is 5.32 Å². The first kappa shape index (κ1) is 19.3. The van der Waals surface area contributed by atoms with Gasteiger partial charge in [-0.1, -0.05) is 5.11 Å². The van der Waals surface area contributed by atoms with Crippen LogP contribution in [0.1, 0.15) is 0 Å². The molecular formula is C12H18N4O9. The summed E-state index contributed by atoms with van der Waals surface area (Å²) in [6.07, 6.45) is -11.5. The van der Waals surface area contributed by atoms with E-state index in [2.05, 4.69) is 15.3 Å². The summed E-state index contributed by atoms with van der Waals surface area (Å²) in [4.78, 5) is 25.4. The summed E-state index contributed by atoms with van der Waals surface area (Å²) >= 11 is 0. The lowest BCUT2D eigenvalue weighted by Gasteiger charge is -2.18. The van der Waals surface area contributed by atoms with Crippen LogP contribution in [0.3, 0.4) is 0 Å². The first-order chi connectivity index (χ1) is 11.8. The van der Waals surface area contributed by atoms with Crippen LogP contribution in [0, 0.1) is 0 Å². The number of hydrogen-bond acceptors (Lipinski definition) is 9. The Morgan fingerprint density at radius 2 is 1.56 bits per heavy atom. The largest absolute Gasteiger partial charge is 0.479 e. The Balaban J connectivity index is 1.90. The third kappa shape index (κ3) is 3.99. The number of aliphatic hydroxyl groups excluding tert-OH is 4. The van der Waals surface area contributed by atoms with Gasteiger partial charge in [-0.05, 0) is 5.53 Å². The van der Waals surface area contributed by atoms with Gasteiger partial charge < -0.3 is 40.3 Å². The Morgan fingerprint density at radius 1 is 1.00 bits per heavy atom. The molecule has 2 aliphatic heterocycles. The van der Waals surface area contributed by atoms with Gasteiger partial charge in [-0.25, -0.2) is 4.79 Å². The van der Waals surface area contributed by atoms with E-state index in [1.165, 1.54) is 0 Å². The Kier molecular flexibility index (Phi) is 6.13. The topological polar surface area (TPSA) is 215 Å². The van der Waals surface area contributed by atoms with Crippen LogP contribution in [0.2, 0.25) is 0 Å². The van der Waals surface area contributed by atoms with Crippen LogP contribution in [0.4, 0.5) is 0 Å². The highest BCUT2D eigenvalue weighted by Crippen LogP contribution is 2.23. The average molecular weight is 362 g/mol. The van der Waals surface area contributed by atoms with Crippen LogP contribution in [0.25, 0.3) is 10.4 Å². The Bertz CT molecular complexity index is 569. The number of nitrogens with zero attached hydrogens (tertiary/aromatic N) is 3. The average Bonchev–Trinajstić information content (AvgIpc) is 3.02. The van der Waals surface area contributed by atoms with Gasteiger partial charge in [-0.15, -0.1) is 0 Å². The van der Waals surface area contributed by atoms with Crippen LogP contribution in [-0.4, -0.2) is 99.3 Å². The highest BCUT2D eigenvalue weighted by molar-refractivity contribution is 5.82. The quantitative estimate of drug-likeness (QED) is 0.156. The zero-order valence-electron chi connectivity index (χ0n) is 12.7. The fourth-order valence-corrected chi connectivity index (χ4v) is 2.66. The molecule has 0 saturated carbocycles. The molecule has 6 N–H and O–H groups in total. The maximum Gasteiger partial charge on any atom is 0.335 e. The molecule has 0 bridgehead atoms. The molecule has 0 aliphatic carbocycles. The third-order valence-corrected chi connectivity index (χ3v) is 4.03. The van der Waals surface area contributed by atoms with Crippen LogP contribution >= 0.6 is 0 Å². The minimum absolute atomic E-state index is 0.282. The van der Waals surface area contributed by atoms with Gasteiger partial charge in [-0.2, -0.15) is 0 Å². The SMILES string of the molecule is [N-]=[N+]=NC[C@H]1O[C@@H](C(=O)NC[C@H]2O[C@@H](C(=O)O)[C@@H](O)[C@@H]2O)[C@@H](O)[C@@H]1O. The zero-order valence-corrected chi connectivity index (χ0v) is 12.7. The summed E-state index contributed by atoms with van der Waals surface area (Å²) in [5.74, 6) is -2.31. The summed E-state index contributed by atoms with van der Waals surface area (Å²) in [5.41, 5.74) is 8.25. The number of hydrogen-bond donors (Lipinski definition) is 6. The molecule has 2 saturated heterocycles. The molecule has 25 heavy (non-hydrogen) atoms. The van der Waals surface area contributed by atoms with E-state index in [-0.39, 0.29) is 13.1 Å². The molecule has 140 valence electrons. The number of aliphatic hydroxyl groups is 4. The highest BCUT2D eigenvalue weighted by Gasteiger charge is 2.48. The summed E-state index contributed by atoms with van der Waals surface area (Å²) in [7, 11) is 0. The van der Waals surface area contributed by atoms with E-state index in [1.807, 2.05) is 0 Å². The van der Waals surface area contributed by atoms with E-state index in [0.29, 0.717) is 0 Å². The van der Waals surface area contributed by atoms with Crippen LogP contribution < -0.4 is 5.32 Å². The maximum absolute atomic E-state index is 12.1. The predicted octanol–water partition coefficient (Wildman–Crippen LogP) is -3.52. The molecule has 2 aliphatic rings. The molecule has 2 fully saturated rings. The molecule has 0 aromatic heterocycles. The van der Waals surface area contributed by atoms with Crippen LogP contribution in [0.15, 0.2) is 5.11 Å². The van der Waals surface area contributed by atoms with Crippen molar-refractivity contribution in [2.24, 2.45) is 5.11 Å². The number of amides is 1. The summed E-state index contributed by atoms with van der Waals surface area (Å²) in [5, 5.41) is 53.2. The number of carbonyl (C=O) groups excluding carboxylic acids is 1. The second kappa shape index (κ2) is 7.93. The van der Waals surface area contributed by atoms with E-state index in [9.17, 15) is 30.0 Å².